The number of amides is 1. The van der Waals surface area contributed by atoms with Gasteiger partial charge in [0.25, 0.3) is 0 Å². The van der Waals surface area contributed by atoms with Crippen molar-refractivity contribution in [3.63, 3.8) is 0 Å². The Labute approximate surface area is 76.9 Å². The molecule has 1 heterocycles. The molecule has 0 saturated heterocycles. The predicted octanol–water partition coefficient (Wildman–Crippen LogP) is -0.285. The fourth-order valence-electron chi connectivity index (χ4n) is 1.03. The molecule has 1 rings (SSSR count). The van der Waals surface area contributed by atoms with Gasteiger partial charge in [0, 0.05) is 19.4 Å². The summed E-state index contributed by atoms with van der Waals surface area (Å²) in [5.41, 5.74) is 5.44. The van der Waals surface area contributed by atoms with E-state index in [-0.39, 0.29) is 5.91 Å². The number of hydrogen-bond donors (Lipinski definition) is 2. The summed E-state index contributed by atoms with van der Waals surface area (Å²) >= 11 is 0. The van der Waals surface area contributed by atoms with Crippen LogP contribution in [0.15, 0.2) is 12.4 Å². The monoisotopic (exact) mass is 182 g/mol. The zero-order valence-electron chi connectivity index (χ0n) is 7.82. The van der Waals surface area contributed by atoms with Gasteiger partial charge in [-0.25, -0.2) is 4.98 Å². The van der Waals surface area contributed by atoms with E-state index in [0.717, 1.165) is 5.82 Å². The normalized spacial score (nSPS) is 12.5. The molecule has 3 N–H and O–H groups in total. The maximum absolute atomic E-state index is 11.3. The molecule has 1 atom stereocenters. The van der Waals surface area contributed by atoms with Crippen molar-refractivity contribution in [2.45, 2.75) is 19.5 Å². The Kier molecular flexibility index (Phi) is 3.02. The zero-order valence-corrected chi connectivity index (χ0v) is 7.82. The zero-order chi connectivity index (χ0) is 9.84. The number of aromatic amines is 1. The van der Waals surface area contributed by atoms with Crippen LogP contribution in [-0.2, 0) is 11.3 Å². The minimum absolute atomic E-state index is 0.0867. The van der Waals surface area contributed by atoms with Crippen molar-refractivity contribution < 1.29 is 4.79 Å². The van der Waals surface area contributed by atoms with E-state index in [2.05, 4.69) is 9.97 Å². The number of carbonyl (C=O) groups excluding carboxylic acids is 1. The van der Waals surface area contributed by atoms with Crippen LogP contribution in [0.1, 0.15) is 12.7 Å². The molecule has 0 spiro atoms. The van der Waals surface area contributed by atoms with Crippen LogP contribution < -0.4 is 5.73 Å². The number of carbonyl (C=O) groups is 1. The first-order valence-corrected chi connectivity index (χ1v) is 4.10. The highest BCUT2D eigenvalue weighted by Gasteiger charge is 2.13. The molecule has 0 aliphatic rings. The van der Waals surface area contributed by atoms with E-state index in [9.17, 15) is 4.79 Å². The Morgan fingerprint density at radius 1 is 1.85 bits per heavy atom. The minimum atomic E-state index is -0.458. The summed E-state index contributed by atoms with van der Waals surface area (Å²) in [5.74, 6) is 0.674. The van der Waals surface area contributed by atoms with Crippen molar-refractivity contribution in [1.82, 2.24) is 14.9 Å². The standard InChI is InChI=1S/C8H14N4O/c1-6(9)8(13)12(2)5-7-10-3-4-11-7/h3-4,6H,5,9H2,1-2H3,(H,10,11)/t6-/m0/s1. The van der Waals surface area contributed by atoms with Gasteiger partial charge in [0.2, 0.25) is 5.91 Å². The Hall–Kier alpha value is -1.36. The largest absolute Gasteiger partial charge is 0.347 e. The molecule has 0 aliphatic carbocycles. The lowest BCUT2D eigenvalue weighted by Crippen LogP contribution is -2.39. The van der Waals surface area contributed by atoms with Crippen molar-refractivity contribution >= 4 is 5.91 Å². The topological polar surface area (TPSA) is 75.0 Å². The highest BCUT2D eigenvalue weighted by Crippen LogP contribution is 1.97. The van der Waals surface area contributed by atoms with Crippen LogP contribution in [0.2, 0.25) is 0 Å². The third kappa shape index (κ3) is 2.55. The molecule has 0 bridgehead atoms. The van der Waals surface area contributed by atoms with Crippen LogP contribution in [0, 0.1) is 0 Å². The van der Waals surface area contributed by atoms with Crippen molar-refractivity contribution in [2.75, 3.05) is 7.05 Å². The van der Waals surface area contributed by atoms with E-state index in [4.69, 9.17) is 5.73 Å². The van der Waals surface area contributed by atoms with E-state index in [0.29, 0.717) is 6.54 Å². The molecule has 13 heavy (non-hydrogen) atoms. The molecule has 0 radical (unpaired) electrons. The second-order valence-corrected chi connectivity index (χ2v) is 3.02. The van der Waals surface area contributed by atoms with Gasteiger partial charge in [0.05, 0.1) is 12.6 Å². The quantitative estimate of drug-likeness (QED) is 0.674. The number of hydrogen-bond acceptors (Lipinski definition) is 3. The number of likely N-dealkylation sites (N-methyl/N-ethyl adjacent to an activating group) is 1. The van der Waals surface area contributed by atoms with Crippen LogP contribution in [0.5, 0.6) is 0 Å². The summed E-state index contributed by atoms with van der Waals surface area (Å²) in [6.07, 6.45) is 3.37. The lowest BCUT2D eigenvalue weighted by molar-refractivity contribution is -0.131. The molecule has 1 aromatic rings. The van der Waals surface area contributed by atoms with E-state index in [1.807, 2.05) is 0 Å². The molecule has 1 amide bonds. The van der Waals surface area contributed by atoms with Gasteiger partial charge in [0.15, 0.2) is 0 Å². The maximum Gasteiger partial charge on any atom is 0.239 e. The summed E-state index contributed by atoms with van der Waals surface area (Å²) in [6.45, 7) is 2.13. The van der Waals surface area contributed by atoms with Gasteiger partial charge < -0.3 is 15.6 Å². The molecule has 5 nitrogen and oxygen atoms in total. The third-order valence-electron chi connectivity index (χ3n) is 1.71. The average Bonchev–Trinajstić information content (AvgIpc) is 2.55. The van der Waals surface area contributed by atoms with Crippen molar-refractivity contribution in [3.8, 4) is 0 Å². The number of nitrogens with zero attached hydrogens (tertiary/aromatic N) is 2. The van der Waals surface area contributed by atoms with Gasteiger partial charge in [-0.05, 0) is 6.92 Å². The van der Waals surface area contributed by atoms with Gasteiger partial charge in [-0.1, -0.05) is 0 Å². The van der Waals surface area contributed by atoms with Crippen LogP contribution >= 0.6 is 0 Å². The lowest BCUT2D eigenvalue weighted by atomic mass is 10.3. The van der Waals surface area contributed by atoms with Gasteiger partial charge in [0.1, 0.15) is 5.82 Å². The van der Waals surface area contributed by atoms with Gasteiger partial charge >= 0.3 is 0 Å². The smallest absolute Gasteiger partial charge is 0.239 e. The second-order valence-electron chi connectivity index (χ2n) is 3.02. The third-order valence-corrected chi connectivity index (χ3v) is 1.71. The highest BCUT2D eigenvalue weighted by atomic mass is 16.2. The van der Waals surface area contributed by atoms with Crippen LogP contribution in [0.3, 0.4) is 0 Å². The number of imidazole rings is 1. The number of nitrogens with one attached hydrogen (secondary N) is 1. The van der Waals surface area contributed by atoms with Crippen LogP contribution in [0.4, 0.5) is 0 Å². The molecule has 72 valence electrons. The summed E-state index contributed by atoms with van der Waals surface area (Å²) in [4.78, 5) is 19.8. The Morgan fingerprint density at radius 3 is 3.00 bits per heavy atom. The lowest BCUT2D eigenvalue weighted by Gasteiger charge is -2.17. The van der Waals surface area contributed by atoms with E-state index in [1.165, 1.54) is 0 Å². The van der Waals surface area contributed by atoms with Crippen molar-refractivity contribution in [3.05, 3.63) is 18.2 Å². The molecular weight excluding hydrogens is 168 g/mol. The van der Waals surface area contributed by atoms with E-state index >= 15 is 0 Å². The first-order valence-electron chi connectivity index (χ1n) is 4.10. The molecule has 0 fully saturated rings. The van der Waals surface area contributed by atoms with Crippen LogP contribution in [0.25, 0.3) is 0 Å². The molecule has 0 aromatic carbocycles. The predicted molar refractivity (Wildman–Crippen MR) is 48.7 cm³/mol. The van der Waals surface area contributed by atoms with Crippen LogP contribution in [-0.4, -0.2) is 33.9 Å². The number of nitrogens with two attached hydrogens (primary N) is 1. The minimum Gasteiger partial charge on any atom is -0.347 e. The Balaban J connectivity index is 2.51. The summed E-state index contributed by atoms with van der Waals surface area (Å²) in [5, 5.41) is 0. The Morgan fingerprint density at radius 2 is 2.54 bits per heavy atom. The van der Waals surface area contributed by atoms with Crippen molar-refractivity contribution in [2.24, 2.45) is 5.73 Å². The molecule has 5 heteroatoms. The maximum atomic E-state index is 11.3. The summed E-state index contributed by atoms with van der Waals surface area (Å²) in [7, 11) is 1.70. The summed E-state index contributed by atoms with van der Waals surface area (Å²) < 4.78 is 0. The fourth-order valence-corrected chi connectivity index (χ4v) is 1.03. The molecule has 0 aliphatic heterocycles. The first kappa shape index (κ1) is 9.73. The first-order chi connectivity index (χ1) is 6.11. The molecule has 0 unspecified atom stereocenters. The average molecular weight is 182 g/mol. The number of aromatic nitrogens is 2. The summed E-state index contributed by atoms with van der Waals surface area (Å²) in [6, 6.07) is -0.458. The molecular formula is C8H14N4O. The Bertz CT molecular complexity index is 268. The highest BCUT2D eigenvalue weighted by molar-refractivity contribution is 5.80. The van der Waals surface area contributed by atoms with Gasteiger partial charge in [-0.15, -0.1) is 0 Å². The second kappa shape index (κ2) is 4.04. The SMILES string of the molecule is C[C@H](N)C(=O)N(C)Cc1ncc[nH]1. The van der Waals surface area contributed by atoms with Gasteiger partial charge in [-0.2, -0.15) is 0 Å². The number of H-pyrrole nitrogens is 1. The fraction of sp³-hybridized carbons (Fsp3) is 0.500. The molecule has 0 saturated carbocycles. The molecule has 1 aromatic heterocycles. The van der Waals surface area contributed by atoms with E-state index < -0.39 is 6.04 Å². The van der Waals surface area contributed by atoms with E-state index in [1.54, 1.807) is 31.3 Å². The van der Waals surface area contributed by atoms with Crippen molar-refractivity contribution in [1.29, 1.82) is 0 Å². The van der Waals surface area contributed by atoms with Gasteiger partial charge in [-0.3, -0.25) is 4.79 Å². The number of rotatable bonds is 3.